The molecule has 1 saturated carbocycles. The lowest BCUT2D eigenvalue weighted by molar-refractivity contribution is 0.138. The van der Waals surface area contributed by atoms with Crippen molar-refractivity contribution < 1.29 is 9.47 Å². The second-order valence-corrected chi connectivity index (χ2v) is 7.36. The van der Waals surface area contributed by atoms with E-state index in [4.69, 9.17) is 14.5 Å². The van der Waals surface area contributed by atoms with E-state index in [1.807, 2.05) is 6.07 Å². The zero-order chi connectivity index (χ0) is 18.8. The van der Waals surface area contributed by atoms with E-state index in [0.29, 0.717) is 12.0 Å². The Labute approximate surface area is 181 Å². The molecule has 6 heteroatoms. The molecule has 1 aliphatic rings. The van der Waals surface area contributed by atoms with Gasteiger partial charge in [0.2, 0.25) is 0 Å². The van der Waals surface area contributed by atoms with Crippen molar-refractivity contribution in [3.63, 3.8) is 0 Å². The number of hydrogen-bond acceptors (Lipinski definition) is 3. The minimum absolute atomic E-state index is 0. The largest absolute Gasteiger partial charge is 0.497 e. The van der Waals surface area contributed by atoms with Gasteiger partial charge in [-0.25, -0.2) is 4.99 Å². The van der Waals surface area contributed by atoms with Crippen LogP contribution in [0.4, 0.5) is 0 Å². The highest BCUT2D eigenvalue weighted by Crippen LogP contribution is 2.40. The molecule has 0 radical (unpaired) electrons. The van der Waals surface area contributed by atoms with Crippen LogP contribution in [0.1, 0.15) is 50.2 Å². The van der Waals surface area contributed by atoms with E-state index >= 15 is 0 Å². The second-order valence-electron chi connectivity index (χ2n) is 7.36. The Morgan fingerprint density at radius 3 is 2.52 bits per heavy atom. The summed E-state index contributed by atoms with van der Waals surface area (Å²) in [6, 6.07) is 6.25. The molecule has 2 rings (SSSR count). The van der Waals surface area contributed by atoms with Crippen LogP contribution in [-0.2, 0) is 11.3 Å². The van der Waals surface area contributed by atoms with Crippen LogP contribution in [-0.4, -0.2) is 39.9 Å². The number of rotatable bonds is 9. The number of methoxy groups -OCH3 is 2. The van der Waals surface area contributed by atoms with Gasteiger partial charge in [-0.2, -0.15) is 0 Å². The fourth-order valence-corrected chi connectivity index (χ4v) is 3.78. The van der Waals surface area contributed by atoms with Gasteiger partial charge < -0.3 is 20.1 Å². The Balaban J connectivity index is 0.00000364. The lowest BCUT2D eigenvalue weighted by Crippen LogP contribution is -2.43. The van der Waals surface area contributed by atoms with Crippen molar-refractivity contribution in [3.05, 3.63) is 29.3 Å². The van der Waals surface area contributed by atoms with Crippen molar-refractivity contribution in [3.8, 4) is 5.75 Å². The van der Waals surface area contributed by atoms with Crippen LogP contribution in [0.15, 0.2) is 23.2 Å². The molecule has 154 valence electrons. The van der Waals surface area contributed by atoms with Crippen molar-refractivity contribution in [2.45, 2.75) is 52.5 Å². The summed E-state index contributed by atoms with van der Waals surface area (Å²) >= 11 is 0. The first-order valence-corrected chi connectivity index (χ1v) is 9.76. The van der Waals surface area contributed by atoms with E-state index in [1.54, 1.807) is 14.2 Å². The highest BCUT2D eigenvalue weighted by atomic mass is 127. The lowest BCUT2D eigenvalue weighted by Gasteiger charge is -2.30. The minimum atomic E-state index is 0. The van der Waals surface area contributed by atoms with Crippen LogP contribution in [0.25, 0.3) is 0 Å². The minimum Gasteiger partial charge on any atom is -0.497 e. The molecule has 0 bridgehead atoms. The summed E-state index contributed by atoms with van der Waals surface area (Å²) in [5, 5.41) is 6.95. The Morgan fingerprint density at radius 2 is 1.89 bits per heavy atom. The average molecular weight is 489 g/mol. The van der Waals surface area contributed by atoms with Gasteiger partial charge in [-0.3, -0.25) is 0 Å². The molecule has 0 saturated heterocycles. The first kappa shape index (κ1) is 24.0. The zero-order valence-electron chi connectivity index (χ0n) is 17.3. The van der Waals surface area contributed by atoms with Gasteiger partial charge in [0.25, 0.3) is 0 Å². The molecule has 27 heavy (non-hydrogen) atoms. The molecule has 5 nitrogen and oxygen atoms in total. The molecule has 2 N–H and O–H groups in total. The molecular formula is C21H36IN3O2. The molecule has 0 spiro atoms. The van der Waals surface area contributed by atoms with E-state index < -0.39 is 0 Å². The Morgan fingerprint density at radius 1 is 1.15 bits per heavy atom. The summed E-state index contributed by atoms with van der Waals surface area (Å²) < 4.78 is 10.7. The molecule has 1 aromatic carbocycles. The second kappa shape index (κ2) is 12.4. The van der Waals surface area contributed by atoms with Crippen LogP contribution >= 0.6 is 24.0 Å². The van der Waals surface area contributed by atoms with Crippen molar-refractivity contribution in [1.82, 2.24) is 10.6 Å². The molecule has 0 amide bonds. The standard InChI is InChI=1S/C21H35N3O2.HI/c1-5-22-20(23-15-18-12-17(2)13-19(14-18)26-4)24-16-21(10-11-25-3)8-6-7-9-21;/h12-14H,5-11,15-16H2,1-4H3,(H2,22,23,24);1H. The van der Waals surface area contributed by atoms with Gasteiger partial charge in [0.15, 0.2) is 5.96 Å². The summed E-state index contributed by atoms with van der Waals surface area (Å²) in [5.74, 6) is 1.77. The number of hydrogen-bond donors (Lipinski definition) is 2. The quantitative estimate of drug-likeness (QED) is 0.309. The average Bonchev–Trinajstić information content (AvgIpc) is 3.11. The summed E-state index contributed by atoms with van der Waals surface area (Å²) in [6.07, 6.45) is 6.31. The van der Waals surface area contributed by atoms with E-state index in [-0.39, 0.29) is 24.0 Å². The van der Waals surface area contributed by atoms with Gasteiger partial charge in [0.05, 0.1) is 13.7 Å². The maximum Gasteiger partial charge on any atom is 0.191 e. The van der Waals surface area contributed by atoms with Crippen LogP contribution in [0.3, 0.4) is 0 Å². The van der Waals surface area contributed by atoms with Crippen molar-refractivity contribution >= 4 is 29.9 Å². The number of ether oxygens (including phenoxy) is 2. The molecule has 1 fully saturated rings. The third-order valence-corrected chi connectivity index (χ3v) is 5.24. The molecule has 0 aliphatic heterocycles. The van der Waals surface area contributed by atoms with Crippen LogP contribution in [0, 0.1) is 12.3 Å². The molecular weight excluding hydrogens is 453 g/mol. The van der Waals surface area contributed by atoms with Crippen molar-refractivity contribution in [1.29, 1.82) is 0 Å². The van der Waals surface area contributed by atoms with E-state index in [9.17, 15) is 0 Å². The Kier molecular flexibility index (Phi) is 11.1. The topological polar surface area (TPSA) is 54.9 Å². The summed E-state index contributed by atoms with van der Waals surface area (Å²) in [7, 11) is 3.49. The number of aliphatic imine (C=N–C) groups is 1. The number of aryl methyl sites for hydroxylation is 1. The first-order chi connectivity index (χ1) is 12.6. The third kappa shape index (κ3) is 7.86. The van der Waals surface area contributed by atoms with E-state index in [2.05, 4.69) is 36.6 Å². The van der Waals surface area contributed by atoms with Gasteiger partial charge >= 0.3 is 0 Å². The van der Waals surface area contributed by atoms with E-state index in [1.165, 1.54) is 31.2 Å². The maximum atomic E-state index is 5.36. The fourth-order valence-electron chi connectivity index (χ4n) is 3.78. The van der Waals surface area contributed by atoms with Crippen molar-refractivity contribution in [2.75, 3.05) is 33.9 Å². The number of halogens is 1. The van der Waals surface area contributed by atoms with Crippen LogP contribution < -0.4 is 15.4 Å². The van der Waals surface area contributed by atoms with Gasteiger partial charge in [0.1, 0.15) is 5.75 Å². The summed E-state index contributed by atoms with van der Waals surface area (Å²) in [6.45, 7) is 7.46. The molecule has 1 aliphatic carbocycles. The van der Waals surface area contributed by atoms with Gasteiger partial charge in [-0.05, 0) is 61.8 Å². The number of nitrogens with one attached hydrogen (secondary N) is 2. The highest BCUT2D eigenvalue weighted by molar-refractivity contribution is 14.0. The summed E-state index contributed by atoms with van der Waals surface area (Å²) in [4.78, 5) is 4.78. The first-order valence-electron chi connectivity index (χ1n) is 9.76. The predicted octanol–water partition coefficient (Wildman–Crippen LogP) is 4.27. The zero-order valence-corrected chi connectivity index (χ0v) is 19.6. The van der Waals surface area contributed by atoms with E-state index in [0.717, 1.165) is 43.4 Å². The Hall–Kier alpha value is -1.02. The summed E-state index contributed by atoms with van der Waals surface area (Å²) in [5.41, 5.74) is 2.70. The Bertz CT molecular complexity index is 587. The third-order valence-electron chi connectivity index (χ3n) is 5.24. The molecule has 0 heterocycles. The number of guanidine groups is 1. The monoisotopic (exact) mass is 489 g/mol. The highest BCUT2D eigenvalue weighted by Gasteiger charge is 2.33. The molecule has 0 aromatic heterocycles. The van der Waals surface area contributed by atoms with Gasteiger partial charge in [0, 0.05) is 26.8 Å². The number of benzene rings is 1. The SMILES string of the molecule is CCNC(=NCc1cc(C)cc(OC)c1)NCC1(CCOC)CCCC1.I. The molecule has 0 atom stereocenters. The smallest absolute Gasteiger partial charge is 0.191 e. The normalized spacial score (nSPS) is 15.9. The van der Waals surface area contributed by atoms with Gasteiger partial charge in [-0.1, -0.05) is 18.9 Å². The number of nitrogens with zero attached hydrogens (tertiary/aromatic N) is 1. The van der Waals surface area contributed by atoms with Crippen LogP contribution in [0.5, 0.6) is 5.75 Å². The van der Waals surface area contributed by atoms with Gasteiger partial charge in [-0.15, -0.1) is 24.0 Å². The maximum absolute atomic E-state index is 5.36. The van der Waals surface area contributed by atoms with Crippen molar-refractivity contribution in [2.24, 2.45) is 10.4 Å². The molecule has 0 unspecified atom stereocenters. The van der Waals surface area contributed by atoms with Crippen LogP contribution in [0.2, 0.25) is 0 Å². The molecule has 1 aromatic rings. The lowest BCUT2D eigenvalue weighted by atomic mass is 9.83. The fraction of sp³-hybridized carbons (Fsp3) is 0.667. The predicted molar refractivity (Wildman–Crippen MR) is 123 cm³/mol.